The van der Waals surface area contributed by atoms with Gasteiger partial charge in [0, 0.05) is 4.90 Å². The Kier molecular flexibility index (Phi) is 1.83. The Bertz CT molecular complexity index is 288. The monoisotopic (exact) mass is 150 g/mol. The smallest absolute Gasteiger partial charge is 0.101 e. The van der Waals surface area contributed by atoms with E-state index in [-0.39, 0.29) is 0 Å². The number of nitriles is 1. The maximum absolute atomic E-state index is 8.45. The summed E-state index contributed by atoms with van der Waals surface area (Å²) in [6.07, 6.45) is 0. The Morgan fingerprint density at radius 1 is 1.50 bits per heavy atom. The van der Waals surface area contributed by atoms with Crippen LogP contribution in [0.15, 0.2) is 23.1 Å². The molecule has 0 saturated carbocycles. The third-order valence-electron chi connectivity index (χ3n) is 1.16. The fraction of sp³-hybridized carbons (Fsp3) is 0. The summed E-state index contributed by atoms with van der Waals surface area (Å²) < 4.78 is 0. The summed E-state index contributed by atoms with van der Waals surface area (Å²) in [6.45, 7) is 0. The maximum atomic E-state index is 8.45. The summed E-state index contributed by atoms with van der Waals surface area (Å²) in [5.41, 5.74) is 6.44. The van der Waals surface area contributed by atoms with E-state index in [2.05, 4.69) is 12.6 Å². The van der Waals surface area contributed by atoms with E-state index in [0.29, 0.717) is 11.3 Å². The molecule has 50 valence electrons. The third kappa shape index (κ3) is 1.23. The minimum Gasteiger partial charge on any atom is -0.398 e. The summed E-state index contributed by atoms with van der Waals surface area (Å²) in [4.78, 5) is 0.775. The van der Waals surface area contributed by atoms with Crippen LogP contribution in [-0.4, -0.2) is 0 Å². The first-order valence-corrected chi connectivity index (χ1v) is 3.17. The van der Waals surface area contributed by atoms with Crippen LogP contribution in [0.25, 0.3) is 0 Å². The van der Waals surface area contributed by atoms with Crippen molar-refractivity contribution in [1.82, 2.24) is 0 Å². The molecule has 3 heteroatoms. The molecule has 0 aliphatic heterocycles. The van der Waals surface area contributed by atoms with Crippen LogP contribution in [0.1, 0.15) is 5.56 Å². The third-order valence-corrected chi connectivity index (χ3v) is 1.43. The molecule has 0 unspecified atom stereocenters. The second-order valence-corrected chi connectivity index (χ2v) is 2.40. The topological polar surface area (TPSA) is 49.8 Å². The zero-order chi connectivity index (χ0) is 7.56. The van der Waals surface area contributed by atoms with Crippen molar-refractivity contribution >= 4 is 18.3 Å². The van der Waals surface area contributed by atoms with E-state index in [1.54, 1.807) is 18.2 Å². The lowest BCUT2D eigenvalue weighted by atomic mass is 10.2. The van der Waals surface area contributed by atoms with Gasteiger partial charge in [-0.05, 0) is 18.2 Å². The van der Waals surface area contributed by atoms with Crippen molar-refractivity contribution in [3.63, 3.8) is 0 Å². The SMILES string of the molecule is N#Cc1ccc(S)cc1N. The molecular formula is C7H6N2S. The Morgan fingerprint density at radius 3 is 2.70 bits per heavy atom. The van der Waals surface area contributed by atoms with Crippen LogP contribution in [0.5, 0.6) is 0 Å². The van der Waals surface area contributed by atoms with Gasteiger partial charge in [-0.15, -0.1) is 12.6 Å². The van der Waals surface area contributed by atoms with Crippen molar-refractivity contribution in [3.05, 3.63) is 23.8 Å². The molecule has 1 rings (SSSR count). The van der Waals surface area contributed by atoms with E-state index in [1.807, 2.05) is 6.07 Å². The number of nitrogen functional groups attached to an aromatic ring is 1. The van der Waals surface area contributed by atoms with Gasteiger partial charge in [0.05, 0.1) is 11.3 Å². The van der Waals surface area contributed by atoms with Crippen LogP contribution in [0.4, 0.5) is 5.69 Å². The number of thiol groups is 1. The number of hydrogen-bond donors (Lipinski definition) is 2. The molecule has 10 heavy (non-hydrogen) atoms. The summed E-state index contributed by atoms with van der Waals surface area (Å²) in [5, 5.41) is 8.45. The highest BCUT2D eigenvalue weighted by atomic mass is 32.1. The molecule has 0 fully saturated rings. The van der Waals surface area contributed by atoms with Crippen LogP contribution in [0, 0.1) is 11.3 Å². The van der Waals surface area contributed by atoms with E-state index in [0.717, 1.165) is 4.90 Å². The highest BCUT2D eigenvalue weighted by Crippen LogP contribution is 2.14. The molecular weight excluding hydrogens is 144 g/mol. The molecule has 0 aliphatic rings. The molecule has 0 atom stereocenters. The van der Waals surface area contributed by atoms with Crippen LogP contribution in [-0.2, 0) is 0 Å². The predicted molar refractivity (Wildman–Crippen MR) is 42.8 cm³/mol. The van der Waals surface area contributed by atoms with Crippen molar-refractivity contribution in [2.75, 3.05) is 5.73 Å². The summed E-state index contributed by atoms with van der Waals surface area (Å²) in [5.74, 6) is 0. The summed E-state index contributed by atoms with van der Waals surface area (Å²) in [6, 6.07) is 7.00. The predicted octanol–water partition coefficient (Wildman–Crippen LogP) is 1.43. The highest BCUT2D eigenvalue weighted by Gasteiger charge is 1.95. The van der Waals surface area contributed by atoms with Crippen LogP contribution >= 0.6 is 12.6 Å². The first-order chi connectivity index (χ1) is 4.74. The van der Waals surface area contributed by atoms with Gasteiger partial charge in [-0.3, -0.25) is 0 Å². The van der Waals surface area contributed by atoms with E-state index in [9.17, 15) is 0 Å². The minimum atomic E-state index is 0.481. The zero-order valence-corrected chi connectivity index (χ0v) is 6.10. The Hall–Kier alpha value is -1.14. The van der Waals surface area contributed by atoms with Gasteiger partial charge < -0.3 is 5.73 Å². The van der Waals surface area contributed by atoms with Crippen molar-refractivity contribution < 1.29 is 0 Å². The zero-order valence-electron chi connectivity index (χ0n) is 5.20. The second-order valence-electron chi connectivity index (χ2n) is 1.88. The van der Waals surface area contributed by atoms with Crippen molar-refractivity contribution in [2.45, 2.75) is 4.90 Å². The molecule has 0 amide bonds. The molecule has 2 N–H and O–H groups in total. The summed E-state index contributed by atoms with van der Waals surface area (Å²) >= 11 is 4.05. The first-order valence-electron chi connectivity index (χ1n) is 2.72. The average molecular weight is 150 g/mol. The van der Waals surface area contributed by atoms with Crippen LogP contribution in [0.3, 0.4) is 0 Å². The number of rotatable bonds is 0. The Morgan fingerprint density at radius 2 is 2.20 bits per heavy atom. The molecule has 0 bridgehead atoms. The minimum absolute atomic E-state index is 0.481. The molecule has 0 radical (unpaired) electrons. The van der Waals surface area contributed by atoms with Crippen molar-refractivity contribution in [3.8, 4) is 6.07 Å². The number of hydrogen-bond acceptors (Lipinski definition) is 3. The normalized spacial score (nSPS) is 8.80. The van der Waals surface area contributed by atoms with Crippen LogP contribution < -0.4 is 5.73 Å². The van der Waals surface area contributed by atoms with E-state index in [1.165, 1.54) is 0 Å². The number of nitrogens with zero attached hydrogens (tertiary/aromatic N) is 1. The fourth-order valence-electron chi connectivity index (χ4n) is 0.652. The second kappa shape index (κ2) is 2.63. The molecule has 2 nitrogen and oxygen atoms in total. The number of nitrogens with two attached hydrogens (primary N) is 1. The van der Waals surface area contributed by atoms with Crippen molar-refractivity contribution in [1.29, 1.82) is 5.26 Å². The molecule has 0 spiro atoms. The maximum Gasteiger partial charge on any atom is 0.101 e. The van der Waals surface area contributed by atoms with E-state index < -0.39 is 0 Å². The van der Waals surface area contributed by atoms with Gasteiger partial charge in [0.25, 0.3) is 0 Å². The quantitative estimate of drug-likeness (QED) is 0.434. The van der Waals surface area contributed by atoms with Gasteiger partial charge in [0.15, 0.2) is 0 Å². The van der Waals surface area contributed by atoms with Gasteiger partial charge in [-0.25, -0.2) is 0 Å². The van der Waals surface area contributed by atoms with E-state index in [4.69, 9.17) is 11.0 Å². The molecule has 0 heterocycles. The van der Waals surface area contributed by atoms with Gasteiger partial charge in [-0.2, -0.15) is 5.26 Å². The molecule has 0 aromatic heterocycles. The molecule has 1 aromatic carbocycles. The Labute approximate surface area is 64.7 Å². The lowest BCUT2D eigenvalue weighted by molar-refractivity contribution is 1.42. The van der Waals surface area contributed by atoms with Crippen LogP contribution in [0.2, 0.25) is 0 Å². The number of benzene rings is 1. The van der Waals surface area contributed by atoms with Gasteiger partial charge in [-0.1, -0.05) is 0 Å². The lowest BCUT2D eigenvalue weighted by Gasteiger charge is -1.95. The molecule has 0 aliphatic carbocycles. The molecule has 1 aromatic rings. The Balaban J connectivity index is 3.23. The first kappa shape index (κ1) is 6.97. The fourth-order valence-corrected chi connectivity index (χ4v) is 0.866. The summed E-state index contributed by atoms with van der Waals surface area (Å²) in [7, 11) is 0. The van der Waals surface area contributed by atoms with Crippen molar-refractivity contribution in [2.24, 2.45) is 0 Å². The number of anilines is 1. The van der Waals surface area contributed by atoms with E-state index >= 15 is 0 Å². The van der Waals surface area contributed by atoms with Gasteiger partial charge in [0.2, 0.25) is 0 Å². The highest BCUT2D eigenvalue weighted by molar-refractivity contribution is 7.80. The van der Waals surface area contributed by atoms with Gasteiger partial charge >= 0.3 is 0 Å². The largest absolute Gasteiger partial charge is 0.398 e. The lowest BCUT2D eigenvalue weighted by Crippen LogP contribution is -1.88. The molecule has 0 saturated heterocycles. The standard InChI is InChI=1S/C7H6N2S/c8-4-5-1-2-6(10)3-7(5)9/h1-3,10H,9H2. The average Bonchev–Trinajstić information content (AvgIpc) is 1.88. The van der Waals surface area contributed by atoms with Gasteiger partial charge in [0.1, 0.15) is 6.07 Å².